The summed E-state index contributed by atoms with van der Waals surface area (Å²) in [5.41, 5.74) is 3.82. The third-order valence-corrected chi connectivity index (χ3v) is 5.33. The maximum atomic E-state index is 12.2. The van der Waals surface area contributed by atoms with Crippen molar-refractivity contribution >= 4 is 28.3 Å². The molecule has 3 N–H and O–H groups in total. The van der Waals surface area contributed by atoms with Crippen LogP contribution in [-0.2, 0) is 4.79 Å². The van der Waals surface area contributed by atoms with E-state index in [1.54, 1.807) is 6.07 Å². The number of carbonyl (C=O) groups excluding carboxylic acids is 1. The number of anilines is 2. The molecule has 0 bridgehead atoms. The molecule has 0 saturated carbocycles. The summed E-state index contributed by atoms with van der Waals surface area (Å²) >= 11 is 0. The number of rotatable bonds is 8. The van der Waals surface area contributed by atoms with E-state index in [2.05, 4.69) is 20.8 Å². The number of aromatic nitrogens is 4. The number of ether oxygens (including phenoxy) is 2. The van der Waals surface area contributed by atoms with Gasteiger partial charge in [0.2, 0.25) is 0 Å². The second kappa shape index (κ2) is 10.2. The minimum atomic E-state index is -0.321. The van der Waals surface area contributed by atoms with E-state index >= 15 is 0 Å². The van der Waals surface area contributed by atoms with Gasteiger partial charge in [0.1, 0.15) is 17.3 Å². The number of hydrogen-bond acceptors (Lipinski definition) is 7. The van der Waals surface area contributed by atoms with Gasteiger partial charge in [-0.3, -0.25) is 9.89 Å². The number of aryl methyl sites for hydroxylation is 2. The summed E-state index contributed by atoms with van der Waals surface area (Å²) in [6.45, 7) is 12.1. The van der Waals surface area contributed by atoms with Crippen LogP contribution in [0.3, 0.4) is 0 Å². The third kappa shape index (κ3) is 5.91. The average Bonchev–Trinajstić information content (AvgIpc) is 3.14. The van der Waals surface area contributed by atoms with Gasteiger partial charge < -0.3 is 20.1 Å². The third-order valence-electron chi connectivity index (χ3n) is 5.33. The first-order valence-electron chi connectivity index (χ1n) is 11.9. The molecule has 0 fully saturated rings. The van der Waals surface area contributed by atoms with Crippen molar-refractivity contribution < 1.29 is 14.3 Å². The smallest absolute Gasteiger partial charge is 0.258 e. The molecule has 0 saturated heterocycles. The molecule has 0 aliphatic carbocycles. The van der Waals surface area contributed by atoms with E-state index in [1.165, 1.54) is 0 Å². The summed E-state index contributed by atoms with van der Waals surface area (Å²) in [4.78, 5) is 21.8. The van der Waals surface area contributed by atoms with Crippen molar-refractivity contribution in [2.24, 2.45) is 0 Å². The minimum Gasteiger partial charge on any atom is -0.494 e. The number of H-pyrrole nitrogens is 1. The molecule has 1 amide bonds. The van der Waals surface area contributed by atoms with Crippen LogP contribution in [0, 0.1) is 13.8 Å². The molecule has 0 unspecified atom stereocenters. The molecule has 0 spiro atoms. The lowest BCUT2D eigenvalue weighted by Crippen LogP contribution is -2.43. The first-order chi connectivity index (χ1) is 17.1. The van der Waals surface area contributed by atoms with E-state index in [9.17, 15) is 4.79 Å². The summed E-state index contributed by atoms with van der Waals surface area (Å²) in [5.74, 6) is 2.28. The highest BCUT2D eigenvalue weighted by Crippen LogP contribution is 2.32. The maximum Gasteiger partial charge on any atom is 0.258 e. The highest BCUT2D eigenvalue weighted by atomic mass is 16.5. The normalized spacial score (nSPS) is 11.4. The van der Waals surface area contributed by atoms with Gasteiger partial charge >= 0.3 is 0 Å². The van der Waals surface area contributed by atoms with Crippen LogP contribution < -0.4 is 20.1 Å². The highest BCUT2D eigenvalue weighted by molar-refractivity contribution is 5.93. The van der Waals surface area contributed by atoms with E-state index in [0.717, 1.165) is 39.3 Å². The molecule has 9 nitrogen and oxygen atoms in total. The zero-order valence-electron chi connectivity index (χ0n) is 21.5. The lowest BCUT2D eigenvalue weighted by Gasteiger charge is -2.20. The highest BCUT2D eigenvalue weighted by Gasteiger charge is 2.16. The van der Waals surface area contributed by atoms with Gasteiger partial charge in [-0.25, -0.2) is 9.97 Å². The predicted octanol–water partition coefficient (Wildman–Crippen LogP) is 5.07. The van der Waals surface area contributed by atoms with E-state index in [4.69, 9.17) is 19.4 Å². The monoisotopic (exact) mass is 488 g/mol. The Balaban J connectivity index is 1.69. The minimum absolute atomic E-state index is 0.0780. The topological polar surface area (TPSA) is 114 Å². The van der Waals surface area contributed by atoms with Gasteiger partial charge in [0, 0.05) is 16.5 Å². The SMILES string of the molecule is CCOc1ccc2nc(-c3cccc(OCC(=O)NC(C)(C)C)c3)nc(Nc3c(C)n[nH]c3C)c2c1. The van der Waals surface area contributed by atoms with Gasteiger partial charge in [0.05, 0.1) is 29.2 Å². The van der Waals surface area contributed by atoms with Gasteiger partial charge in [-0.05, 0) is 71.9 Å². The lowest BCUT2D eigenvalue weighted by atomic mass is 10.1. The number of hydrogen-bond donors (Lipinski definition) is 3. The number of carbonyl (C=O) groups is 1. The fourth-order valence-electron chi connectivity index (χ4n) is 3.77. The van der Waals surface area contributed by atoms with Gasteiger partial charge in [-0.15, -0.1) is 0 Å². The summed E-state index contributed by atoms with van der Waals surface area (Å²) in [6, 6.07) is 13.2. The Morgan fingerprint density at radius 1 is 1.03 bits per heavy atom. The Hall–Kier alpha value is -4.14. The molecule has 2 heterocycles. The summed E-state index contributed by atoms with van der Waals surface area (Å²) < 4.78 is 11.4. The average molecular weight is 489 g/mol. The standard InChI is InChI=1S/C27H32N6O3/c1-7-35-20-11-12-22-21(14-20)26(29-24-16(2)32-33-17(24)3)30-25(28-22)18-9-8-10-19(13-18)36-15-23(34)31-27(4,5)6/h8-14H,7,15H2,1-6H3,(H,31,34)(H,32,33)(H,28,29,30). The number of nitrogens with one attached hydrogen (secondary N) is 3. The summed E-state index contributed by atoms with van der Waals surface area (Å²) in [6.07, 6.45) is 0. The fraction of sp³-hybridized carbons (Fsp3) is 0.333. The van der Waals surface area contributed by atoms with E-state index in [0.29, 0.717) is 24.0 Å². The van der Waals surface area contributed by atoms with Gasteiger partial charge in [0.25, 0.3) is 5.91 Å². The zero-order chi connectivity index (χ0) is 25.9. The number of benzene rings is 2. The zero-order valence-corrected chi connectivity index (χ0v) is 21.5. The van der Waals surface area contributed by atoms with E-state index < -0.39 is 0 Å². The number of aromatic amines is 1. The molecule has 0 radical (unpaired) electrons. The van der Waals surface area contributed by atoms with Gasteiger partial charge in [-0.1, -0.05) is 12.1 Å². The first-order valence-corrected chi connectivity index (χ1v) is 11.9. The molecule has 0 aliphatic heterocycles. The molecule has 0 atom stereocenters. The van der Waals surface area contributed by atoms with Crippen LogP contribution >= 0.6 is 0 Å². The number of fused-ring (bicyclic) bond motifs is 1. The molecule has 2 aromatic heterocycles. The molecular formula is C27H32N6O3. The molecule has 2 aromatic carbocycles. The van der Waals surface area contributed by atoms with Crippen molar-refractivity contribution in [3.63, 3.8) is 0 Å². The predicted molar refractivity (Wildman–Crippen MR) is 141 cm³/mol. The van der Waals surface area contributed by atoms with E-state index in [1.807, 2.05) is 77.9 Å². The Morgan fingerprint density at radius 2 is 1.81 bits per heavy atom. The van der Waals surface area contributed by atoms with Crippen molar-refractivity contribution in [1.82, 2.24) is 25.5 Å². The Bertz CT molecular complexity index is 1370. The molecule has 4 rings (SSSR count). The van der Waals surface area contributed by atoms with Crippen LogP contribution in [0.4, 0.5) is 11.5 Å². The molecule has 9 heteroatoms. The first kappa shape index (κ1) is 25.0. The van der Waals surface area contributed by atoms with E-state index in [-0.39, 0.29) is 18.1 Å². The van der Waals surface area contributed by atoms with Crippen LogP contribution in [0.15, 0.2) is 42.5 Å². The molecule has 188 valence electrons. The second-order valence-corrected chi connectivity index (χ2v) is 9.56. The summed E-state index contributed by atoms with van der Waals surface area (Å²) in [7, 11) is 0. The largest absolute Gasteiger partial charge is 0.494 e. The van der Waals surface area contributed by atoms with Crippen molar-refractivity contribution in [3.05, 3.63) is 53.9 Å². The van der Waals surface area contributed by atoms with Crippen LogP contribution in [0.2, 0.25) is 0 Å². The molecule has 36 heavy (non-hydrogen) atoms. The van der Waals surface area contributed by atoms with Crippen LogP contribution in [0.25, 0.3) is 22.3 Å². The molecule has 0 aliphatic rings. The van der Waals surface area contributed by atoms with Crippen molar-refractivity contribution in [1.29, 1.82) is 0 Å². The van der Waals surface area contributed by atoms with Crippen molar-refractivity contribution in [2.75, 3.05) is 18.5 Å². The van der Waals surface area contributed by atoms with Gasteiger partial charge in [0.15, 0.2) is 12.4 Å². The Morgan fingerprint density at radius 3 is 2.50 bits per heavy atom. The van der Waals surface area contributed by atoms with Crippen molar-refractivity contribution in [2.45, 2.75) is 47.1 Å². The van der Waals surface area contributed by atoms with Crippen molar-refractivity contribution in [3.8, 4) is 22.9 Å². The lowest BCUT2D eigenvalue weighted by molar-refractivity contribution is -0.124. The fourth-order valence-corrected chi connectivity index (χ4v) is 3.77. The number of amides is 1. The Labute approximate surface area is 210 Å². The molecular weight excluding hydrogens is 456 g/mol. The molecule has 4 aromatic rings. The van der Waals surface area contributed by atoms with Crippen LogP contribution in [-0.4, -0.2) is 44.8 Å². The number of nitrogens with zero attached hydrogens (tertiary/aromatic N) is 3. The van der Waals surface area contributed by atoms with Gasteiger partial charge in [-0.2, -0.15) is 5.10 Å². The maximum absolute atomic E-state index is 12.2. The Kier molecular flexibility index (Phi) is 7.10. The summed E-state index contributed by atoms with van der Waals surface area (Å²) in [5, 5.41) is 14.4. The van der Waals surface area contributed by atoms with Crippen LogP contribution in [0.5, 0.6) is 11.5 Å². The van der Waals surface area contributed by atoms with Crippen LogP contribution in [0.1, 0.15) is 39.1 Å². The quantitative estimate of drug-likeness (QED) is 0.317. The second-order valence-electron chi connectivity index (χ2n) is 9.56.